The summed E-state index contributed by atoms with van der Waals surface area (Å²) in [4.78, 5) is 29.2. The Morgan fingerprint density at radius 1 is 1.05 bits per heavy atom. The molecule has 3 aromatic rings. The average molecular weight is 502 g/mol. The van der Waals surface area contributed by atoms with E-state index in [9.17, 15) is 4.79 Å². The fourth-order valence-electron chi connectivity index (χ4n) is 4.78. The summed E-state index contributed by atoms with van der Waals surface area (Å²) in [6, 6.07) is 11.1. The van der Waals surface area contributed by atoms with Crippen molar-refractivity contribution in [3.8, 4) is 0 Å². The van der Waals surface area contributed by atoms with Gasteiger partial charge >= 0.3 is 0 Å². The van der Waals surface area contributed by atoms with Crippen LogP contribution < -0.4 is 16.0 Å². The zero-order valence-corrected chi connectivity index (χ0v) is 22.4. The first-order valence-corrected chi connectivity index (χ1v) is 13.2. The molecule has 3 N–H and O–H groups in total. The van der Waals surface area contributed by atoms with Crippen LogP contribution in [-0.4, -0.2) is 50.9 Å². The molecule has 2 aromatic heterocycles. The molecule has 37 heavy (non-hydrogen) atoms. The van der Waals surface area contributed by atoms with Gasteiger partial charge in [0, 0.05) is 61.5 Å². The Morgan fingerprint density at radius 2 is 1.84 bits per heavy atom. The van der Waals surface area contributed by atoms with Crippen molar-refractivity contribution in [2.75, 3.05) is 23.7 Å². The summed E-state index contributed by atoms with van der Waals surface area (Å²) < 4.78 is 0. The molecule has 0 bridgehead atoms. The predicted molar refractivity (Wildman–Crippen MR) is 150 cm³/mol. The fraction of sp³-hybridized carbons (Fsp3) is 0.448. The van der Waals surface area contributed by atoms with Gasteiger partial charge in [-0.1, -0.05) is 26.8 Å². The molecule has 8 nitrogen and oxygen atoms in total. The monoisotopic (exact) mass is 501 g/mol. The maximum atomic E-state index is 12.9. The lowest BCUT2D eigenvalue weighted by Crippen LogP contribution is -2.31. The topological polar surface area (TPSA) is 94.8 Å². The molecule has 1 fully saturated rings. The minimum absolute atomic E-state index is 0. The normalized spacial score (nSPS) is 17.3. The summed E-state index contributed by atoms with van der Waals surface area (Å²) in [5, 5.41) is 9.64. The van der Waals surface area contributed by atoms with Crippen LogP contribution in [0.15, 0.2) is 42.7 Å². The number of nitrogens with zero attached hydrogens (tertiary/aromatic N) is 4. The van der Waals surface area contributed by atoms with Crippen LogP contribution in [0.3, 0.4) is 0 Å². The SMILES string of the molecule is CC(C)NC(=O)c1cnc(Nc2ccc3c(c2)CCC(N2CC2)C3)nc1Nc1ccnc(C(C)(C)C)c1.[HH]. The van der Waals surface area contributed by atoms with Gasteiger partial charge in [0.05, 0.1) is 0 Å². The molecule has 1 aromatic carbocycles. The van der Waals surface area contributed by atoms with Crippen molar-refractivity contribution in [2.45, 2.75) is 71.4 Å². The lowest BCUT2D eigenvalue weighted by molar-refractivity contribution is 0.0943. The second-order valence-electron chi connectivity index (χ2n) is 11.4. The molecule has 5 rings (SSSR count). The van der Waals surface area contributed by atoms with Crippen molar-refractivity contribution >= 4 is 29.0 Å². The van der Waals surface area contributed by atoms with Gasteiger partial charge in [-0.2, -0.15) is 4.98 Å². The number of carbonyl (C=O) groups excluding carboxylic acids is 1. The van der Waals surface area contributed by atoms with Crippen molar-refractivity contribution in [1.82, 2.24) is 25.2 Å². The number of benzene rings is 1. The van der Waals surface area contributed by atoms with Crippen LogP contribution in [0.1, 0.15) is 69.6 Å². The number of hydrogen-bond acceptors (Lipinski definition) is 7. The highest BCUT2D eigenvalue weighted by molar-refractivity contribution is 5.99. The largest absolute Gasteiger partial charge is 0.350 e. The van der Waals surface area contributed by atoms with E-state index in [0.29, 0.717) is 23.4 Å². The van der Waals surface area contributed by atoms with E-state index < -0.39 is 0 Å². The third-order valence-electron chi connectivity index (χ3n) is 6.91. The number of nitrogens with one attached hydrogen (secondary N) is 3. The fourth-order valence-corrected chi connectivity index (χ4v) is 4.78. The maximum Gasteiger partial charge on any atom is 0.256 e. The van der Waals surface area contributed by atoms with Gasteiger partial charge < -0.3 is 16.0 Å². The summed E-state index contributed by atoms with van der Waals surface area (Å²) in [5.41, 5.74) is 5.83. The summed E-state index contributed by atoms with van der Waals surface area (Å²) in [7, 11) is 0. The van der Waals surface area contributed by atoms with Gasteiger partial charge in [0.15, 0.2) is 0 Å². The molecule has 196 valence electrons. The third-order valence-corrected chi connectivity index (χ3v) is 6.91. The molecule has 1 atom stereocenters. The van der Waals surface area contributed by atoms with Crippen molar-refractivity contribution in [3.05, 3.63) is 65.1 Å². The molecule has 1 aliphatic carbocycles. The minimum atomic E-state index is -0.219. The molecule has 2 aliphatic rings. The van der Waals surface area contributed by atoms with Crippen molar-refractivity contribution in [2.24, 2.45) is 0 Å². The second-order valence-corrected chi connectivity index (χ2v) is 11.4. The van der Waals surface area contributed by atoms with Crippen molar-refractivity contribution in [1.29, 1.82) is 0 Å². The second kappa shape index (κ2) is 10.1. The summed E-state index contributed by atoms with van der Waals surface area (Å²) in [6.07, 6.45) is 6.78. The Balaban J connectivity index is 0.00000336. The number of aryl methyl sites for hydroxylation is 1. The molecule has 8 heteroatoms. The zero-order chi connectivity index (χ0) is 26.2. The number of fused-ring (bicyclic) bond motifs is 1. The lowest BCUT2D eigenvalue weighted by atomic mass is 9.88. The highest BCUT2D eigenvalue weighted by atomic mass is 16.1. The maximum absolute atomic E-state index is 12.9. The Bertz CT molecular complexity index is 1300. The van der Waals surface area contributed by atoms with Crippen LogP contribution in [0.2, 0.25) is 0 Å². The summed E-state index contributed by atoms with van der Waals surface area (Å²) in [6.45, 7) is 12.7. The van der Waals surface area contributed by atoms with E-state index in [4.69, 9.17) is 4.98 Å². The van der Waals surface area contributed by atoms with Gasteiger partial charge in [0.2, 0.25) is 5.95 Å². The number of amides is 1. The van der Waals surface area contributed by atoms with E-state index in [1.807, 2.05) is 26.0 Å². The Labute approximate surface area is 220 Å². The lowest BCUT2D eigenvalue weighted by Gasteiger charge is -2.26. The number of rotatable bonds is 7. The molecule has 0 spiro atoms. The van der Waals surface area contributed by atoms with Gasteiger partial charge in [0.25, 0.3) is 5.91 Å². The molecule has 0 radical (unpaired) electrons. The van der Waals surface area contributed by atoms with E-state index in [1.165, 1.54) is 30.6 Å². The van der Waals surface area contributed by atoms with Crippen LogP contribution >= 0.6 is 0 Å². The number of pyridine rings is 1. The smallest absolute Gasteiger partial charge is 0.256 e. The van der Waals surface area contributed by atoms with E-state index in [-0.39, 0.29) is 18.8 Å². The van der Waals surface area contributed by atoms with Crippen LogP contribution in [0.25, 0.3) is 0 Å². The van der Waals surface area contributed by atoms with Crippen LogP contribution in [-0.2, 0) is 18.3 Å². The first-order chi connectivity index (χ1) is 17.7. The molecule has 1 amide bonds. The van der Waals surface area contributed by atoms with E-state index in [1.54, 1.807) is 12.4 Å². The molecular weight excluding hydrogens is 462 g/mol. The van der Waals surface area contributed by atoms with Gasteiger partial charge in [-0.15, -0.1) is 0 Å². The van der Waals surface area contributed by atoms with E-state index >= 15 is 0 Å². The number of hydrogen-bond donors (Lipinski definition) is 3. The number of anilines is 4. The predicted octanol–water partition coefficient (Wildman–Crippen LogP) is 5.21. The Kier molecular flexibility index (Phi) is 6.86. The molecule has 1 aliphatic heterocycles. The Hall–Kier alpha value is -3.52. The van der Waals surface area contributed by atoms with Gasteiger partial charge in [-0.25, -0.2) is 4.98 Å². The highest BCUT2D eigenvalue weighted by Crippen LogP contribution is 2.31. The van der Waals surface area contributed by atoms with E-state index in [2.05, 4.69) is 69.8 Å². The standard InChI is InChI=1S/C29H37N7O.H2/c1-18(2)32-27(37)24-17-31-28(35-26(24)33-22-10-11-30-25(16-22)29(3,4)5)34-21-8-6-20-15-23(36-12-13-36)9-7-19(20)14-21;/h6,8,10-11,14,16-18,23H,7,9,12-13,15H2,1-5H3,(H,32,37)(H2,30,31,33,34,35);1H. The van der Waals surface area contributed by atoms with E-state index in [0.717, 1.165) is 29.9 Å². The molecule has 1 saturated heterocycles. The Morgan fingerprint density at radius 3 is 2.57 bits per heavy atom. The summed E-state index contributed by atoms with van der Waals surface area (Å²) >= 11 is 0. The van der Waals surface area contributed by atoms with Crippen LogP contribution in [0.5, 0.6) is 0 Å². The van der Waals surface area contributed by atoms with Gasteiger partial charge in [-0.05, 0) is 68.5 Å². The van der Waals surface area contributed by atoms with Gasteiger partial charge in [-0.3, -0.25) is 14.7 Å². The number of carbonyl (C=O) groups is 1. The summed E-state index contributed by atoms with van der Waals surface area (Å²) in [5.74, 6) is 0.663. The molecular formula is C29H39N7O. The molecule has 1 unspecified atom stereocenters. The van der Waals surface area contributed by atoms with Gasteiger partial charge in [0.1, 0.15) is 11.4 Å². The van der Waals surface area contributed by atoms with Crippen molar-refractivity contribution in [3.63, 3.8) is 0 Å². The van der Waals surface area contributed by atoms with Crippen LogP contribution in [0, 0.1) is 0 Å². The quantitative estimate of drug-likeness (QED) is 0.382. The minimum Gasteiger partial charge on any atom is -0.350 e. The van der Waals surface area contributed by atoms with Crippen LogP contribution in [0.4, 0.5) is 23.1 Å². The molecule has 3 heterocycles. The molecule has 0 saturated carbocycles. The number of aromatic nitrogens is 3. The van der Waals surface area contributed by atoms with Crippen molar-refractivity contribution < 1.29 is 6.22 Å². The third kappa shape index (κ3) is 6.07. The zero-order valence-electron chi connectivity index (χ0n) is 22.4. The first kappa shape index (κ1) is 25.1. The average Bonchev–Trinajstić information content (AvgIpc) is 3.69. The highest BCUT2D eigenvalue weighted by Gasteiger charge is 2.30. The first-order valence-electron chi connectivity index (χ1n) is 13.2.